The van der Waals surface area contributed by atoms with Gasteiger partial charge >= 0.3 is 5.97 Å². The number of nitrogens with zero attached hydrogens (tertiary/aromatic N) is 1. The number of aromatic nitrogens is 1. The summed E-state index contributed by atoms with van der Waals surface area (Å²) in [7, 11) is 0. The topological polar surface area (TPSA) is 80.6 Å². The fourth-order valence-electron chi connectivity index (χ4n) is 4.40. The van der Waals surface area contributed by atoms with Crippen molar-refractivity contribution in [2.75, 3.05) is 6.61 Å². The number of aliphatic carboxylic acids is 1. The number of ether oxygens (including phenoxy) is 1. The molecule has 0 bridgehead atoms. The van der Waals surface area contributed by atoms with Crippen LogP contribution in [0.15, 0.2) is 60.7 Å². The van der Waals surface area contributed by atoms with E-state index in [-0.39, 0.29) is 5.91 Å². The highest BCUT2D eigenvalue weighted by atomic mass is 35.5. The second kappa shape index (κ2) is 11.1. The van der Waals surface area contributed by atoms with Crippen LogP contribution in [0.25, 0.3) is 10.9 Å². The molecule has 3 aromatic carbocycles. The number of carbonyl (C=O) groups excluding carboxylic acids is 1. The molecule has 0 aliphatic heterocycles. The number of rotatable bonds is 9. The summed E-state index contributed by atoms with van der Waals surface area (Å²) in [6.07, 6.45) is 0. The Hall–Kier alpha value is -3.77. The zero-order chi connectivity index (χ0) is 26.7. The van der Waals surface area contributed by atoms with Gasteiger partial charge < -0.3 is 19.7 Å². The van der Waals surface area contributed by atoms with Crippen molar-refractivity contribution in [3.63, 3.8) is 0 Å². The number of carbonyl (C=O) groups is 2. The van der Waals surface area contributed by atoms with Crippen LogP contribution in [0, 0.1) is 13.8 Å². The van der Waals surface area contributed by atoms with Crippen molar-refractivity contribution >= 4 is 34.4 Å². The maximum Gasteiger partial charge on any atom is 0.341 e. The van der Waals surface area contributed by atoms with Crippen molar-refractivity contribution in [3.05, 3.63) is 99.2 Å². The SMILES string of the molecule is Cc1c(C)n(Cc2ccc(OCC(=O)O)cc2Cl)c2ccc(C(=O)NCc3cccc(C(C)C)c3)cc12. The molecule has 2 N–H and O–H groups in total. The van der Waals surface area contributed by atoms with Crippen molar-refractivity contribution < 1.29 is 19.4 Å². The number of amides is 1. The lowest BCUT2D eigenvalue weighted by Gasteiger charge is -2.12. The third-order valence-electron chi connectivity index (χ3n) is 6.69. The van der Waals surface area contributed by atoms with Gasteiger partial charge in [0.25, 0.3) is 5.91 Å². The first kappa shape index (κ1) is 26.3. The van der Waals surface area contributed by atoms with Crippen molar-refractivity contribution in [1.29, 1.82) is 0 Å². The van der Waals surface area contributed by atoms with Crippen molar-refractivity contribution in [1.82, 2.24) is 9.88 Å². The molecule has 0 aliphatic rings. The molecule has 0 radical (unpaired) electrons. The Labute approximate surface area is 221 Å². The van der Waals surface area contributed by atoms with Gasteiger partial charge in [-0.1, -0.05) is 55.8 Å². The van der Waals surface area contributed by atoms with E-state index < -0.39 is 12.6 Å². The summed E-state index contributed by atoms with van der Waals surface area (Å²) in [5, 5.41) is 13.4. The van der Waals surface area contributed by atoms with E-state index in [4.69, 9.17) is 21.4 Å². The van der Waals surface area contributed by atoms with E-state index in [9.17, 15) is 9.59 Å². The van der Waals surface area contributed by atoms with Gasteiger partial charge in [0.15, 0.2) is 6.61 Å². The molecule has 0 fully saturated rings. The maximum atomic E-state index is 13.0. The number of halogens is 1. The third kappa shape index (κ3) is 5.97. The minimum Gasteiger partial charge on any atom is -0.482 e. The molecular weight excluding hydrogens is 488 g/mol. The highest BCUT2D eigenvalue weighted by Gasteiger charge is 2.16. The number of carboxylic acid groups (broad SMARTS) is 1. The van der Waals surface area contributed by atoms with E-state index in [1.807, 2.05) is 36.4 Å². The molecule has 37 heavy (non-hydrogen) atoms. The predicted molar refractivity (Wildman–Crippen MR) is 147 cm³/mol. The number of hydrogen-bond donors (Lipinski definition) is 2. The van der Waals surface area contributed by atoms with Crippen LogP contribution in [0.4, 0.5) is 0 Å². The first-order valence-electron chi connectivity index (χ1n) is 12.2. The zero-order valence-electron chi connectivity index (χ0n) is 21.5. The Morgan fingerprint density at radius 2 is 1.84 bits per heavy atom. The van der Waals surface area contributed by atoms with Crippen LogP contribution >= 0.6 is 11.6 Å². The lowest BCUT2D eigenvalue weighted by Crippen LogP contribution is -2.22. The lowest BCUT2D eigenvalue weighted by molar-refractivity contribution is -0.139. The average molecular weight is 519 g/mol. The summed E-state index contributed by atoms with van der Waals surface area (Å²) in [5.74, 6) is -0.306. The van der Waals surface area contributed by atoms with E-state index in [0.29, 0.717) is 35.3 Å². The average Bonchev–Trinajstić information content (AvgIpc) is 3.11. The molecule has 0 saturated heterocycles. The first-order chi connectivity index (χ1) is 17.6. The second-order valence-electron chi connectivity index (χ2n) is 9.55. The monoisotopic (exact) mass is 518 g/mol. The van der Waals surface area contributed by atoms with Gasteiger partial charge in [0.1, 0.15) is 5.75 Å². The van der Waals surface area contributed by atoms with Crippen molar-refractivity contribution in [2.24, 2.45) is 0 Å². The molecule has 0 aliphatic carbocycles. The number of carboxylic acids is 1. The largest absolute Gasteiger partial charge is 0.482 e. The second-order valence-corrected chi connectivity index (χ2v) is 9.95. The van der Waals surface area contributed by atoms with Gasteiger partial charge in [0, 0.05) is 40.3 Å². The summed E-state index contributed by atoms with van der Waals surface area (Å²) in [5.41, 5.74) is 7.03. The molecule has 4 rings (SSSR count). The number of hydrogen-bond acceptors (Lipinski definition) is 3. The maximum absolute atomic E-state index is 13.0. The predicted octanol–water partition coefficient (Wildman–Crippen LogP) is 6.48. The van der Waals surface area contributed by atoms with Crippen LogP contribution < -0.4 is 10.1 Å². The molecule has 0 spiro atoms. The van der Waals surface area contributed by atoms with Crippen LogP contribution in [0.1, 0.15) is 58.1 Å². The molecule has 192 valence electrons. The van der Waals surface area contributed by atoms with Crippen molar-refractivity contribution in [3.8, 4) is 5.75 Å². The number of aryl methyl sites for hydroxylation is 1. The van der Waals surface area contributed by atoms with Crippen LogP contribution in [0.5, 0.6) is 5.75 Å². The Bertz CT molecular complexity index is 1470. The molecule has 1 heterocycles. The minimum absolute atomic E-state index is 0.110. The summed E-state index contributed by atoms with van der Waals surface area (Å²) < 4.78 is 7.39. The molecule has 4 aromatic rings. The fourth-order valence-corrected chi connectivity index (χ4v) is 4.63. The van der Waals surface area contributed by atoms with E-state index in [1.54, 1.807) is 12.1 Å². The van der Waals surface area contributed by atoms with Crippen molar-refractivity contribution in [2.45, 2.75) is 46.7 Å². The molecule has 1 amide bonds. The van der Waals surface area contributed by atoms with Gasteiger partial charge in [0.2, 0.25) is 0 Å². The van der Waals surface area contributed by atoms with Gasteiger partial charge in [-0.3, -0.25) is 4.79 Å². The minimum atomic E-state index is -1.04. The quantitative estimate of drug-likeness (QED) is 0.266. The summed E-state index contributed by atoms with van der Waals surface area (Å²) in [6, 6.07) is 19.3. The first-order valence-corrected chi connectivity index (χ1v) is 12.6. The molecule has 0 saturated carbocycles. The van der Waals surface area contributed by atoms with Gasteiger partial charge in [-0.25, -0.2) is 4.79 Å². The molecule has 1 aromatic heterocycles. The van der Waals surface area contributed by atoms with Gasteiger partial charge in [0.05, 0.1) is 0 Å². The molecule has 0 unspecified atom stereocenters. The number of nitrogens with one attached hydrogen (secondary N) is 1. The van der Waals surface area contributed by atoms with Crippen LogP contribution in [-0.4, -0.2) is 28.2 Å². The van der Waals surface area contributed by atoms with Crippen LogP contribution in [0.2, 0.25) is 5.02 Å². The summed E-state index contributed by atoms with van der Waals surface area (Å²) in [6.45, 7) is 9.00. The Morgan fingerprint density at radius 3 is 2.54 bits per heavy atom. The smallest absolute Gasteiger partial charge is 0.341 e. The molecule has 7 heteroatoms. The Kier molecular flexibility index (Phi) is 7.89. The fraction of sp³-hybridized carbons (Fsp3) is 0.267. The number of benzene rings is 3. The summed E-state index contributed by atoms with van der Waals surface area (Å²) >= 11 is 6.49. The zero-order valence-corrected chi connectivity index (χ0v) is 22.2. The molecule has 6 nitrogen and oxygen atoms in total. The standard InChI is InChI=1S/C30H31ClN2O4/c1-18(2)22-7-5-6-21(12-22)15-32-30(36)23-9-11-28-26(13-23)19(3)20(4)33(28)16-24-8-10-25(14-27(24)31)37-17-29(34)35/h5-14,18H,15-17H2,1-4H3,(H,32,36)(H,34,35). The van der Waals surface area contributed by atoms with Crippen LogP contribution in [0.3, 0.4) is 0 Å². The van der Waals surface area contributed by atoms with Crippen LogP contribution in [-0.2, 0) is 17.9 Å². The number of fused-ring (bicyclic) bond motifs is 1. The highest BCUT2D eigenvalue weighted by molar-refractivity contribution is 6.31. The lowest BCUT2D eigenvalue weighted by atomic mass is 10.0. The summed E-state index contributed by atoms with van der Waals surface area (Å²) in [4.78, 5) is 23.7. The highest BCUT2D eigenvalue weighted by Crippen LogP contribution is 2.30. The van der Waals surface area contributed by atoms with E-state index in [1.165, 1.54) is 5.56 Å². The van der Waals surface area contributed by atoms with E-state index in [0.717, 1.165) is 33.3 Å². The van der Waals surface area contributed by atoms with Gasteiger partial charge in [-0.15, -0.1) is 0 Å². The van der Waals surface area contributed by atoms with E-state index in [2.05, 4.69) is 49.7 Å². The Morgan fingerprint density at radius 1 is 1.05 bits per heavy atom. The third-order valence-corrected chi connectivity index (χ3v) is 7.04. The normalized spacial score (nSPS) is 11.2. The Balaban J connectivity index is 1.53. The van der Waals surface area contributed by atoms with E-state index >= 15 is 0 Å². The van der Waals surface area contributed by atoms with Gasteiger partial charge in [-0.05, 0) is 72.4 Å². The molecule has 0 atom stereocenters. The molecular formula is C30H31ClN2O4. The van der Waals surface area contributed by atoms with Gasteiger partial charge in [-0.2, -0.15) is 0 Å².